The minimum absolute atomic E-state index is 0.441. The van der Waals surface area contributed by atoms with Crippen molar-refractivity contribution in [3.8, 4) is 5.75 Å². The van der Waals surface area contributed by atoms with Crippen LogP contribution < -0.4 is 2.85 Å². The molecule has 0 aliphatic carbocycles. The number of nitrogens with zero attached hydrogens (tertiary/aromatic N) is 1. The van der Waals surface area contributed by atoms with E-state index in [0.29, 0.717) is 36.9 Å². The van der Waals surface area contributed by atoms with Crippen molar-refractivity contribution in [1.29, 1.82) is 0 Å². The van der Waals surface area contributed by atoms with Crippen LogP contribution in [0.1, 0.15) is 17.0 Å². The van der Waals surface area contributed by atoms with Crippen molar-refractivity contribution in [2.75, 3.05) is 0 Å². The Balaban J connectivity index is 2.24. The molecule has 0 atom stereocenters. The van der Waals surface area contributed by atoms with Crippen molar-refractivity contribution in [2.45, 2.75) is 13.1 Å². The maximum absolute atomic E-state index is 12.5. The Morgan fingerprint density at radius 3 is 2.59 bits per heavy atom. The van der Waals surface area contributed by atoms with Crippen molar-refractivity contribution >= 4 is 24.8 Å². The fraction of sp³-hybridized carbons (Fsp3) is 0.154. The summed E-state index contributed by atoms with van der Waals surface area (Å²) in [7, 11) is 0. The van der Waals surface area contributed by atoms with Crippen LogP contribution in [0.5, 0.6) is 5.75 Å². The first-order valence-electron chi connectivity index (χ1n) is 5.34. The van der Waals surface area contributed by atoms with Gasteiger partial charge in [0.15, 0.2) is 0 Å². The molecule has 0 saturated heterocycles. The summed E-state index contributed by atoms with van der Waals surface area (Å²) in [4.78, 5) is 4.25. The zero-order chi connectivity index (χ0) is 12.1. The van der Waals surface area contributed by atoms with E-state index in [0.717, 1.165) is 17.0 Å². The van der Waals surface area contributed by atoms with Crippen molar-refractivity contribution in [3.63, 3.8) is 0 Å². The first-order valence-corrected chi connectivity index (χ1v) is 6.99. The second-order valence-electron chi connectivity index (χ2n) is 3.68. The van der Waals surface area contributed by atoms with Gasteiger partial charge in [-0.2, -0.15) is 0 Å². The van der Waals surface area contributed by atoms with E-state index in [2.05, 4.69) is 4.98 Å². The third-order valence-corrected chi connectivity index (χ3v) is 3.39. The van der Waals surface area contributed by atoms with Crippen molar-refractivity contribution in [2.24, 2.45) is 0 Å². The van der Waals surface area contributed by atoms with Crippen LogP contribution in [0.15, 0.2) is 42.5 Å². The van der Waals surface area contributed by atoms with Gasteiger partial charge >= 0.3 is 115 Å². The molecule has 2 nitrogen and oxygen atoms in total. The van der Waals surface area contributed by atoms with Crippen molar-refractivity contribution < 1.29 is 7.24 Å². The number of halogens is 1. The predicted octanol–water partition coefficient (Wildman–Crippen LogP) is 2.34. The van der Waals surface area contributed by atoms with Crippen LogP contribution in [-0.4, -0.2) is 29.8 Å². The summed E-state index contributed by atoms with van der Waals surface area (Å²) in [5, 5.41) is 0. The van der Waals surface area contributed by atoms with Gasteiger partial charge in [-0.15, -0.1) is 0 Å². The second kappa shape index (κ2) is 6.05. The molecule has 1 radical (unpaired) electrons. The Labute approximate surface area is 115 Å². The maximum atomic E-state index is 12.5. The molecule has 2 aromatic rings. The standard InChI is InChI=1S/C13H12FNO.In.H/c14-9-12-6-3-5-11(15-12)8-10-4-1-2-7-13(10)16;;/h1-7,16H,8-9H2;;/q;+1;/p-1. The summed E-state index contributed by atoms with van der Waals surface area (Å²) in [5.41, 5.74) is 2.45. The quantitative estimate of drug-likeness (QED) is 0.858. The topological polar surface area (TPSA) is 22.1 Å². The van der Waals surface area contributed by atoms with Gasteiger partial charge in [-0.25, -0.2) is 0 Å². The molecule has 0 N–H and O–H groups in total. The van der Waals surface area contributed by atoms with E-state index in [-0.39, 0.29) is 0 Å². The molecule has 0 bridgehead atoms. The van der Waals surface area contributed by atoms with Crippen LogP contribution in [0.4, 0.5) is 4.39 Å². The molecule has 0 unspecified atom stereocenters. The zero-order valence-electron chi connectivity index (χ0n) is 9.40. The first kappa shape index (κ1) is 12.4. The van der Waals surface area contributed by atoms with Gasteiger partial charge < -0.3 is 0 Å². The Morgan fingerprint density at radius 2 is 1.82 bits per heavy atom. The minimum atomic E-state index is -0.520. The Hall–Kier alpha value is -1.03. The fourth-order valence-corrected chi connectivity index (χ4v) is 2.49. The van der Waals surface area contributed by atoms with E-state index in [1.807, 2.05) is 36.4 Å². The summed E-state index contributed by atoms with van der Waals surface area (Å²) in [6, 6.07) is 13.3. The van der Waals surface area contributed by atoms with E-state index in [1.54, 1.807) is 6.07 Å². The van der Waals surface area contributed by atoms with Crippen molar-refractivity contribution in [1.82, 2.24) is 4.98 Å². The predicted molar refractivity (Wildman–Crippen MR) is 66.1 cm³/mol. The Bertz CT molecular complexity index is 504. The van der Waals surface area contributed by atoms with Gasteiger partial charge in [0.1, 0.15) is 0 Å². The second-order valence-corrected chi connectivity index (χ2v) is 4.51. The van der Waals surface area contributed by atoms with Crippen LogP contribution in [0, 0.1) is 0 Å². The molecular formula is C13H12FInNO. The van der Waals surface area contributed by atoms with Gasteiger partial charge in [-0.1, -0.05) is 0 Å². The monoisotopic (exact) mass is 332 g/mol. The van der Waals surface area contributed by atoms with E-state index < -0.39 is 6.67 Å². The van der Waals surface area contributed by atoms with Crippen LogP contribution >= 0.6 is 0 Å². The summed E-state index contributed by atoms with van der Waals surface area (Å²) >= 11 is 0.441. The summed E-state index contributed by atoms with van der Waals surface area (Å²) < 4.78 is 18.0. The summed E-state index contributed by atoms with van der Waals surface area (Å²) in [6.07, 6.45) is 0.678. The van der Waals surface area contributed by atoms with Gasteiger partial charge in [0, 0.05) is 0 Å². The van der Waals surface area contributed by atoms with Gasteiger partial charge in [-0.3, -0.25) is 0 Å². The molecule has 1 aromatic carbocycles. The Morgan fingerprint density at radius 1 is 1.06 bits per heavy atom. The van der Waals surface area contributed by atoms with Gasteiger partial charge in [0.2, 0.25) is 0 Å². The normalized spacial score (nSPS) is 10.2. The number of hydrogen-bond donors (Lipinski definition) is 0. The molecule has 17 heavy (non-hydrogen) atoms. The van der Waals surface area contributed by atoms with E-state index in [9.17, 15) is 4.39 Å². The number of rotatable bonds is 4. The molecule has 2 rings (SSSR count). The van der Waals surface area contributed by atoms with Crippen molar-refractivity contribution in [3.05, 3.63) is 59.4 Å². The molecule has 85 valence electrons. The summed E-state index contributed by atoms with van der Waals surface area (Å²) in [6.45, 7) is -0.520. The molecule has 0 amide bonds. The van der Waals surface area contributed by atoms with E-state index in [1.165, 1.54) is 0 Å². The summed E-state index contributed by atoms with van der Waals surface area (Å²) in [5.74, 6) is 0.909. The number of hydrogen-bond acceptors (Lipinski definition) is 2. The van der Waals surface area contributed by atoms with Crippen LogP contribution in [0.3, 0.4) is 0 Å². The molecule has 4 heteroatoms. The SMILES string of the molecule is FCc1cccc(Cc2ccccc2[O][InH])n1. The van der Waals surface area contributed by atoms with E-state index >= 15 is 0 Å². The van der Waals surface area contributed by atoms with Gasteiger partial charge in [0.05, 0.1) is 0 Å². The van der Waals surface area contributed by atoms with Crippen LogP contribution in [0.2, 0.25) is 0 Å². The number of pyridine rings is 1. The average molecular weight is 332 g/mol. The molecule has 0 aliphatic heterocycles. The fourth-order valence-electron chi connectivity index (χ4n) is 1.69. The third-order valence-electron chi connectivity index (χ3n) is 2.50. The van der Waals surface area contributed by atoms with Gasteiger partial charge in [-0.05, 0) is 0 Å². The van der Waals surface area contributed by atoms with Crippen LogP contribution in [-0.2, 0) is 13.1 Å². The average Bonchev–Trinajstić information content (AvgIpc) is 2.39. The zero-order valence-corrected chi connectivity index (χ0v) is 13.4. The molecule has 0 spiro atoms. The molecule has 0 aliphatic rings. The first-order chi connectivity index (χ1) is 8.33. The number of alkyl halides is 1. The molecular weight excluding hydrogens is 320 g/mol. The van der Waals surface area contributed by atoms with Crippen LogP contribution in [0.25, 0.3) is 0 Å². The Kier molecular flexibility index (Phi) is 4.42. The van der Waals surface area contributed by atoms with E-state index in [4.69, 9.17) is 2.85 Å². The number of aromatic nitrogens is 1. The molecule has 1 aromatic heterocycles. The number of para-hydroxylation sites is 1. The molecule has 1 heterocycles. The third kappa shape index (κ3) is 3.22. The molecule has 0 saturated carbocycles. The number of benzene rings is 1. The van der Waals surface area contributed by atoms with Gasteiger partial charge in [0.25, 0.3) is 0 Å². The molecule has 0 fully saturated rings.